The summed E-state index contributed by atoms with van der Waals surface area (Å²) in [5, 5.41) is 2.96. The first-order valence-corrected chi connectivity index (χ1v) is 11.9. The largest absolute Gasteiger partial charge is 0.377 e. The number of hydrogen-bond donors (Lipinski definition) is 1. The van der Waals surface area contributed by atoms with Crippen LogP contribution in [0.15, 0.2) is 47.4 Å². The lowest BCUT2D eigenvalue weighted by Crippen LogP contribution is -2.36. The Morgan fingerprint density at radius 3 is 2.29 bits per heavy atom. The molecular weight excluding hydrogens is 417 g/mol. The lowest BCUT2D eigenvalue weighted by molar-refractivity contribution is -0.122. The van der Waals surface area contributed by atoms with Crippen molar-refractivity contribution in [3.05, 3.63) is 53.8 Å². The third-order valence-corrected chi connectivity index (χ3v) is 7.66. The number of halogens is 1. The van der Waals surface area contributed by atoms with Crippen LogP contribution in [0, 0.1) is 11.7 Å². The highest BCUT2D eigenvalue weighted by atomic mass is 32.2. The van der Waals surface area contributed by atoms with Crippen molar-refractivity contribution in [2.75, 3.05) is 24.3 Å². The summed E-state index contributed by atoms with van der Waals surface area (Å²) in [5.74, 6) is -0.419. The summed E-state index contributed by atoms with van der Waals surface area (Å²) in [4.78, 5) is 14.3. The zero-order valence-electron chi connectivity index (χ0n) is 18.4. The molecule has 0 aliphatic heterocycles. The number of amides is 1. The molecule has 1 aliphatic carbocycles. The summed E-state index contributed by atoms with van der Waals surface area (Å²) in [5.41, 5.74) is 2.29. The molecule has 6 nitrogen and oxygen atoms in total. The minimum absolute atomic E-state index is 0.00875. The Hall–Kier alpha value is -2.45. The summed E-state index contributed by atoms with van der Waals surface area (Å²) in [6.07, 6.45) is 2.89. The molecule has 2 aromatic rings. The zero-order chi connectivity index (χ0) is 22.8. The van der Waals surface area contributed by atoms with Crippen LogP contribution in [0.4, 0.5) is 15.8 Å². The van der Waals surface area contributed by atoms with Gasteiger partial charge < -0.3 is 10.2 Å². The van der Waals surface area contributed by atoms with Crippen molar-refractivity contribution in [2.45, 2.75) is 50.6 Å². The Balaban J connectivity index is 1.93. The fourth-order valence-corrected chi connectivity index (χ4v) is 5.21. The Kier molecular flexibility index (Phi) is 7.01. The highest BCUT2D eigenvalue weighted by Crippen LogP contribution is 2.30. The van der Waals surface area contributed by atoms with Crippen molar-refractivity contribution < 1.29 is 17.6 Å². The molecule has 3 rings (SSSR count). The smallest absolute Gasteiger partial charge is 0.243 e. The third kappa shape index (κ3) is 5.25. The maximum absolute atomic E-state index is 13.3. The standard InChI is InChI=1S/C23H30FN3O3S/c1-16(2)27(31(29,30)21-11-8-19(24)9-12-21)15-18-14-20(10-13-22(18)26(3)4)25-23(28)17-6-5-7-17/h8-14,16-17H,5-7,15H2,1-4H3,(H,25,28). The van der Waals surface area contributed by atoms with Gasteiger partial charge in [-0.15, -0.1) is 0 Å². The van der Waals surface area contributed by atoms with Crippen molar-refractivity contribution in [3.63, 3.8) is 0 Å². The molecule has 0 unspecified atom stereocenters. The van der Waals surface area contributed by atoms with Gasteiger partial charge in [0, 0.05) is 44.0 Å². The highest BCUT2D eigenvalue weighted by Gasteiger charge is 2.29. The van der Waals surface area contributed by atoms with E-state index in [1.54, 1.807) is 13.8 Å². The van der Waals surface area contributed by atoms with E-state index in [1.165, 1.54) is 16.4 Å². The second-order valence-electron chi connectivity index (χ2n) is 8.45. The number of anilines is 2. The zero-order valence-corrected chi connectivity index (χ0v) is 19.2. The molecule has 0 bridgehead atoms. The topological polar surface area (TPSA) is 69.7 Å². The van der Waals surface area contributed by atoms with Crippen molar-refractivity contribution in [2.24, 2.45) is 5.92 Å². The van der Waals surface area contributed by atoms with Gasteiger partial charge in [0.15, 0.2) is 0 Å². The molecule has 0 saturated heterocycles. The lowest BCUT2D eigenvalue weighted by Gasteiger charge is -2.29. The van der Waals surface area contributed by atoms with Crippen molar-refractivity contribution >= 4 is 27.3 Å². The van der Waals surface area contributed by atoms with Gasteiger partial charge in [-0.05, 0) is 74.7 Å². The van der Waals surface area contributed by atoms with Crippen LogP contribution < -0.4 is 10.2 Å². The molecule has 0 spiro atoms. The number of nitrogens with zero attached hydrogens (tertiary/aromatic N) is 2. The van der Waals surface area contributed by atoms with E-state index < -0.39 is 15.8 Å². The second kappa shape index (κ2) is 9.36. The van der Waals surface area contributed by atoms with Crippen LogP contribution in [0.1, 0.15) is 38.7 Å². The maximum atomic E-state index is 13.3. The fraction of sp³-hybridized carbons (Fsp3) is 0.435. The van der Waals surface area contributed by atoms with E-state index in [0.29, 0.717) is 5.69 Å². The molecule has 1 aliphatic rings. The number of carbonyl (C=O) groups is 1. The first kappa shape index (κ1) is 23.2. The van der Waals surface area contributed by atoms with Crippen LogP contribution in [0.25, 0.3) is 0 Å². The molecule has 1 fully saturated rings. The number of nitrogens with one attached hydrogen (secondary N) is 1. The van der Waals surface area contributed by atoms with E-state index in [0.717, 1.165) is 42.6 Å². The number of benzene rings is 2. The molecule has 0 atom stereocenters. The van der Waals surface area contributed by atoms with Crippen LogP contribution in [-0.4, -0.2) is 38.8 Å². The van der Waals surface area contributed by atoms with Gasteiger partial charge in [0.2, 0.25) is 15.9 Å². The highest BCUT2D eigenvalue weighted by molar-refractivity contribution is 7.89. The lowest BCUT2D eigenvalue weighted by atomic mass is 9.85. The average Bonchev–Trinajstić information content (AvgIpc) is 2.64. The SMILES string of the molecule is CC(C)N(Cc1cc(NC(=O)C2CCC2)ccc1N(C)C)S(=O)(=O)c1ccc(F)cc1. The van der Waals surface area contributed by atoms with Gasteiger partial charge in [-0.1, -0.05) is 6.42 Å². The van der Waals surface area contributed by atoms with Crippen molar-refractivity contribution in [3.8, 4) is 0 Å². The van der Waals surface area contributed by atoms with E-state index in [2.05, 4.69) is 5.32 Å². The maximum Gasteiger partial charge on any atom is 0.243 e. The van der Waals surface area contributed by atoms with Crippen LogP contribution in [0.5, 0.6) is 0 Å². The van der Waals surface area contributed by atoms with E-state index >= 15 is 0 Å². The predicted molar refractivity (Wildman–Crippen MR) is 121 cm³/mol. The Morgan fingerprint density at radius 2 is 1.77 bits per heavy atom. The molecular formula is C23H30FN3O3S. The van der Waals surface area contributed by atoms with Crippen molar-refractivity contribution in [1.29, 1.82) is 0 Å². The minimum atomic E-state index is -3.84. The summed E-state index contributed by atoms with van der Waals surface area (Å²) in [6.45, 7) is 3.73. The van der Waals surface area contributed by atoms with Gasteiger partial charge >= 0.3 is 0 Å². The monoisotopic (exact) mass is 447 g/mol. The summed E-state index contributed by atoms with van der Waals surface area (Å²) >= 11 is 0. The number of rotatable bonds is 8. The predicted octanol–water partition coefficient (Wildman–Crippen LogP) is 4.23. The summed E-state index contributed by atoms with van der Waals surface area (Å²) in [6, 6.07) is 10.1. The van der Waals surface area contributed by atoms with Crippen molar-refractivity contribution in [1.82, 2.24) is 4.31 Å². The van der Waals surface area contributed by atoms with Crippen LogP contribution in [0.2, 0.25) is 0 Å². The van der Waals surface area contributed by atoms with Gasteiger partial charge in [0.05, 0.1) is 4.90 Å². The Bertz CT molecular complexity index is 1030. The van der Waals surface area contributed by atoms with Gasteiger partial charge in [-0.2, -0.15) is 4.31 Å². The van der Waals surface area contributed by atoms with Gasteiger partial charge in [0.25, 0.3) is 0 Å². The molecule has 2 aromatic carbocycles. The number of sulfonamides is 1. The Labute approximate surface area is 184 Å². The molecule has 8 heteroatoms. The van der Waals surface area contributed by atoms with E-state index in [9.17, 15) is 17.6 Å². The van der Waals surface area contributed by atoms with Crippen LogP contribution in [0.3, 0.4) is 0 Å². The molecule has 1 saturated carbocycles. The number of hydrogen-bond acceptors (Lipinski definition) is 4. The number of carbonyl (C=O) groups excluding carboxylic acids is 1. The fourth-order valence-electron chi connectivity index (χ4n) is 3.60. The van der Waals surface area contributed by atoms with E-state index in [-0.39, 0.29) is 29.3 Å². The molecule has 0 heterocycles. The molecule has 0 aromatic heterocycles. The molecule has 0 radical (unpaired) electrons. The van der Waals surface area contributed by atoms with Crippen LogP contribution in [-0.2, 0) is 21.4 Å². The van der Waals surface area contributed by atoms with Gasteiger partial charge in [-0.25, -0.2) is 12.8 Å². The minimum Gasteiger partial charge on any atom is -0.377 e. The first-order chi connectivity index (χ1) is 14.6. The van der Waals surface area contributed by atoms with Gasteiger partial charge in [0.1, 0.15) is 5.82 Å². The quantitative estimate of drug-likeness (QED) is 0.658. The molecule has 168 valence electrons. The van der Waals surface area contributed by atoms with Crippen LogP contribution >= 0.6 is 0 Å². The molecule has 1 N–H and O–H groups in total. The summed E-state index contributed by atoms with van der Waals surface area (Å²) in [7, 11) is -0.0640. The molecule has 1 amide bonds. The van der Waals surface area contributed by atoms with Gasteiger partial charge in [-0.3, -0.25) is 4.79 Å². The van der Waals surface area contributed by atoms with E-state index in [1.807, 2.05) is 37.2 Å². The second-order valence-corrected chi connectivity index (χ2v) is 10.3. The molecule has 31 heavy (non-hydrogen) atoms. The first-order valence-electron chi connectivity index (χ1n) is 10.5. The van der Waals surface area contributed by atoms with E-state index in [4.69, 9.17) is 0 Å². The third-order valence-electron chi connectivity index (χ3n) is 5.63. The normalized spacial score (nSPS) is 14.5. The average molecular weight is 448 g/mol. The summed E-state index contributed by atoms with van der Waals surface area (Å²) < 4.78 is 41.3. The Morgan fingerprint density at radius 1 is 1.13 bits per heavy atom.